The SMILES string of the molecule is CCCCCN(C)Cc1ccc(C=CC(=O)O)cc1. The van der Waals surface area contributed by atoms with Crippen molar-refractivity contribution in [2.75, 3.05) is 13.6 Å². The summed E-state index contributed by atoms with van der Waals surface area (Å²) in [6, 6.07) is 8.01. The summed E-state index contributed by atoms with van der Waals surface area (Å²) in [7, 11) is 2.13. The number of aliphatic carboxylic acids is 1. The van der Waals surface area contributed by atoms with Crippen LogP contribution >= 0.6 is 0 Å². The maximum atomic E-state index is 10.4. The van der Waals surface area contributed by atoms with E-state index in [1.807, 2.05) is 12.1 Å². The Labute approximate surface area is 115 Å². The second-order valence-corrected chi connectivity index (χ2v) is 4.86. The van der Waals surface area contributed by atoms with E-state index in [9.17, 15) is 4.79 Å². The topological polar surface area (TPSA) is 40.5 Å². The molecule has 0 fully saturated rings. The molecule has 1 aromatic rings. The van der Waals surface area contributed by atoms with Gasteiger partial charge in [-0.05, 0) is 37.2 Å². The van der Waals surface area contributed by atoms with Crippen LogP contribution in [0.25, 0.3) is 6.08 Å². The molecular weight excluding hydrogens is 238 g/mol. The summed E-state index contributed by atoms with van der Waals surface area (Å²) in [4.78, 5) is 12.7. The molecular formula is C16H23NO2. The number of rotatable bonds is 8. The van der Waals surface area contributed by atoms with Crippen LogP contribution in [0.5, 0.6) is 0 Å². The van der Waals surface area contributed by atoms with Gasteiger partial charge >= 0.3 is 5.97 Å². The van der Waals surface area contributed by atoms with Gasteiger partial charge in [0.05, 0.1) is 0 Å². The van der Waals surface area contributed by atoms with E-state index in [-0.39, 0.29) is 0 Å². The fourth-order valence-corrected chi connectivity index (χ4v) is 1.92. The van der Waals surface area contributed by atoms with Crippen molar-refractivity contribution < 1.29 is 9.90 Å². The summed E-state index contributed by atoms with van der Waals surface area (Å²) in [5.41, 5.74) is 2.17. The molecule has 1 aromatic carbocycles. The molecule has 1 rings (SSSR count). The molecule has 3 nitrogen and oxygen atoms in total. The summed E-state index contributed by atoms with van der Waals surface area (Å²) in [6.45, 7) is 4.27. The van der Waals surface area contributed by atoms with Crippen LogP contribution in [0, 0.1) is 0 Å². The first-order chi connectivity index (χ1) is 9.11. The van der Waals surface area contributed by atoms with Gasteiger partial charge in [-0.15, -0.1) is 0 Å². The molecule has 0 atom stereocenters. The minimum absolute atomic E-state index is 0.916. The van der Waals surface area contributed by atoms with Gasteiger partial charge in [-0.25, -0.2) is 4.79 Å². The fraction of sp³-hybridized carbons (Fsp3) is 0.438. The van der Waals surface area contributed by atoms with E-state index in [1.165, 1.54) is 24.8 Å². The van der Waals surface area contributed by atoms with Gasteiger partial charge in [0.25, 0.3) is 0 Å². The third-order valence-electron chi connectivity index (χ3n) is 2.99. The summed E-state index contributed by atoms with van der Waals surface area (Å²) in [5, 5.41) is 8.56. The lowest BCUT2D eigenvalue weighted by molar-refractivity contribution is -0.131. The number of carbonyl (C=O) groups is 1. The van der Waals surface area contributed by atoms with Crippen LogP contribution in [-0.4, -0.2) is 29.6 Å². The largest absolute Gasteiger partial charge is 0.478 e. The van der Waals surface area contributed by atoms with Gasteiger partial charge in [0.1, 0.15) is 0 Å². The Morgan fingerprint density at radius 3 is 2.53 bits per heavy atom. The maximum absolute atomic E-state index is 10.4. The Morgan fingerprint density at radius 1 is 1.26 bits per heavy atom. The summed E-state index contributed by atoms with van der Waals surface area (Å²) < 4.78 is 0. The number of hydrogen-bond acceptors (Lipinski definition) is 2. The highest BCUT2D eigenvalue weighted by atomic mass is 16.4. The highest BCUT2D eigenvalue weighted by Gasteiger charge is 2.00. The highest BCUT2D eigenvalue weighted by molar-refractivity contribution is 5.85. The minimum atomic E-state index is -0.917. The number of hydrogen-bond donors (Lipinski definition) is 1. The van der Waals surface area contributed by atoms with Gasteiger partial charge in [-0.2, -0.15) is 0 Å². The molecule has 0 aliphatic carbocycles. The summed E-state index contributed by atoms with van der Waals surface area (Å²) in [5.74, 6) is -0.917. The van der Waals surface area contributed by atoms with Crippen molar-refractivity contribution in [3.05, 3.63) is 41.5 Å². The van der Waals surface area contributed by atoms with Gasteiger partial charge < -0.3 is 10.0 Å². The first kappa shape index (κ1) is 15.4. The fourth-order valence-electron chi connectivity index (χ4n) is 1.92. The van der Waals surface area contributed by atoms with Gasteiger partial charge in [-0.3, -0.25) is 0 Å². The predicted octanol–water partition coefficient (Wildman–Crippen LogP) is 3.41. The second-order valence-electron chi connectivity index (χ2n) is 4.86. The van der Waals surface area contributed by atoms with Crippen LogP contribution in [0.3, 0.4) is 0 Å². The zero-order valence-corrected chi connectivity index (χ0v) is 11.8. The minimum Gasteiger partial charge on any atom is -0.478 e. The molecule has 19 heavy (non-hydrogen) atoms. The molecule has 0 aromatic heterocycles. The highest BCUT2D eigenvalue weighted by Crippen LogP contribution is 2.09. The smallest absolute Gasteiger partial charge is 0.328 e. The number of unbranched alkanes of at least 4 members (excludes halogenated alkanes) is 2. The lowest BCUT2D eigenvalue weighted by Gasteiger charge is -2.16. The molecule has 0 amide bonds. The molecule has 0 saturated carbocycles. The third-order valence-corrected chi connectivity index (χ3v) is 2.99. The standard InChI is InChI=1S/C16H23NO2/c1-3-4-5-12-17(2)13-15-8-6-14(7-9-15)10-11-16(18)19/h6-11H,3-5,12-13H2,1-2H3,(H,18,19). The zero-order valence-electron chi connectivity index (χ0n) is 11.8. The van der Waals surface area contributed by atoms with Crippen LogP contribution < -0.4 is 0 Å². The van der Waals surface area contributed by atoms with E-state index in [0.717, 1.165) is 24.7 Å². The van der Waals surface area contributed by atoms with Crippen LogP contribution in [-0.2, 0) is 11.3 Å². The summed E-state index contributed by atoms with van der Waals surface area (Å²) >= 11 is 0. The maximum Gasteiger partial charge on any atom is 0.328 e. The lowest BCUT2D eigenvalue weighted by Crippen LogP contribution is -2.18. The molecule has 0 spiro atoms. The van der Waals surface area contributed by atoms with Gasteiger partial charge in [-0.1, -0.05) is 44.0 Å². The van der Waals surface area contributed by atoms with Crippen molar-refractivity contribution in [1.29, 1.82) is 0 Å². The molecule has 104 valence electrons. The first-order valence-electron chi connectivity index (χ1n) is 6.80. The Kier molecular flexibility index (Phi) is 6.90. The predicted molar refractivity (Wildman–Crippen MR) is 79.0 cm³/mol. The molecule has 0 bridgehead atoms. The number of nitrogens with zero attached hydrogens (tertiary/aromatic N) is 1. The lowest BCUT2D eigenvalue weighted by atomic mass is 10.1. The van der Waals surface area contributed by atoms with E-state index in [0.29, 0.717) is 0 Å². The van der Waals surface area contributed by atoms with E-state index in [2.05, 4.69) is 31.0 Å². The van der Waals surface area contributed by atoms with Gasteiger partial charge in [0.15, 0.2) is 0 Å². The van der Waals surface area contributed by atoms with E-state index >= 15 is 0 Å². The first-order valence-corrected chi connectivity index (χ1v) is 6.80. The molecule has 0 saturated heterocycles. The second kappa shape index (κ2) is 8.48. The van der Waals surface area contributed by atoms with Gasteiger partial charge in [0, 0.05) is 12.6 Å². The number of carboxylic acid groups (broad SMARTS) is 1. The molecule has 3 heteroatoms. The monoisotopic (exact) mass is 261 g/mol. The van der Waals surface area contributed by atoms with Crippen molar-refractivity contribution >= 4 is 12.0 Å². The van der Waals surface area contributed by atoms with Crippen LogP contribution in [0.15, 0.2) is 30.3 Å². The van der Waals surface area contributed by atoms with Crippen molar-refractivity contribution in [3.8, 4) is 0 Å². The summed E-state index contributed by atoms with van der Waals surface area (Å²) in [6.07, 6.45) is 6.54. The van der Waals surface area contributed by atoms with E-state index in [4.69, 9.17) is 5.11 Å². The van der Waals surface area contributed by atoms with Crippen molar-refractivity contribution in [3.63, 3.8) is 0 Å². The van der Waals surface area contributed by atoms with Crippen LogP contribution in [0.2, 0.25) is 0 Å². The van der Waals surface area contributed by atoms with Crippen molar-refractivity contribution in [1.82, 2.24) is 4.90 Å². The van der Waals surface area contributed by atoms with Gasteiger partial charge in [0.2, 0.25) is 0 Å². The molecule has 0 aliphatic rings. The normalized spacial score (nSPS) is 11.3. The van der Waals surface area contributed by atoms with Crippen LogP contribution in [0.4, 0.5) is 0 Å². The van der Waals surface area contributed by atoms with Crippen molar-refractivity contribution in [2.45, 2.75) is 32.7 Å². The molecule has 1 N–H and O–H groups in total. The average molecular weight is 261 g/mol. The average Bonchev–Trinajstić information content (AvgIpc) is 2.38. The molecule has 0 aliphatic heterocycles. The Morgan fingerprint density at radius 2 is 1.95 bits per heavy atom. The number of carboxylic acids is 1. The number of benzene rings is 1. The Hall–Kier alpha value is -1.61. The Bertz CT molecular complexity index is 409. The van der Waals surface area contributed by atoms with E-state index < -0.39 is 5.97 Å². The Balaban J connectivity index is 2.45. The van der Waals surface area contributed by atoms with Crippen LogP contribution in [0.1, 0.15) is 37.3 Å². The third kappa shape index (κ3) is 6.77. The molecule has 0 heterocycles. The zero-order chi connectivity index (χ0) is 14.1. The molecule has 0 unspecified atom stereocenters. The molecule has 0 radical (unpaired) electrons. The quantitative estimate of drug-likeness (QED) is 0.576. The van der Waals surface area contributed by atoms with E-state index in [1.54, 1.807) is 6.08 Å². The van der Waals surface area contributed by atoms with Crippen molar-refractivity contribution in [2.24, 2.45) is 0 Å².